The predicted octanol–water partition coefficient (Wildman–Crippen LogP) is 5.06. The van der Waals surface area contributed by atoms with Gasteiger partial charge in [-0.15, -0.1) is 0 Å². The number of halogens is 3. The Labute approximate surface area is 130 Å². The number of fused-ring (bicyclic) bond motifs is 1. The van der Waals surface area contributed by atoms with E-state index in [1.807, 2.05) is 33.8 Å². The van der Waals surface area contributed by atoms with E-state index in [-0.39, 0.29) is 17.6 Å². The molecule has 0 heterocycles. The average Bonchev–Trinajstić information content (AvgIpc) is 2.38. The van der Waals surface area contributed by atoms with Gasteiger partial charge in [0.15, 0.2) is 0 Å². The van der Waals surface area contributed by atoms with Gasteiger partial charge in [-0.25, -0.2) is 0 Å². The van der Waals surface area contributed by atoms with Gasteiger partial charge in [-0.05, 0) is 36.7 Å². The van der Waals surface area contributed by atoms with E-state index in [1.54, 1.807) is 0 Å². The van der Waals surface area contributed by atoms with Crippen LogP contribution in [0, 0.1) is 5.41 Å². The highest BCUT2D eigenvalue weighted by atomic mass is 32.2. The van der Waals surface area contributed by atoms with E-state index in [1.165, 1.54) is 0 Å². The molecule has 1 saturated carbocycles. The van der Waals surface area contributed by atoms with Gasteiger partial charge < -0.3 is 4.18 Å². The smallest absolute Gasteiger partial charge is 0.380 e. The Morgan fingerprint density at radius 3 is 2.32 bits per heavy atom. The van der Waals surface area contributed by atoms with E-state index >= 15 is 0 Å². The van der Waals surface area contributed by atoms with Gasteiger partial charge in [0.2, 0.25) is 0 Å². The Balaban J connectivity index is 0.00000116. The summed E-state index contributed by atoms with van der Waals surface area (Å²) in [6, 6.07) is 0. The number of rotatable bonds is 2. The second-order valence-electron chi connectivity index (χ2n) is 5.79. The molecule has 0 saturated heterocycles. The van der Waals surface area contributed by atoms with E-state index in [0.717, 1.165) is 24.8 Å². The lowest BCUT2D eigenvalue weighted by Gasteiger charge is -2.38. The molecular formula is C15H23F3O3S. The Hall–Kier alpha value is -0.980. The molecule has 0 atom stereocenters. The molecule has 0 bridgehead atoms. The maximum absolute atomic E-state index is 12.5. The minimum Gasteiger partial charge on any atom is -0.380 e. The third-order valence-corrected chi connectivity index (χ3v) is 4.77. The molecule has 2 aliphatic carbocycles. The van der Waals surface area contributed by atoms with Crippen LogP contribution in [-0.2, 0) is 14.3 Å². The minimum atomic E-state index is -5.58. The summed E-state index contributed by atoms with van der Waals surface area (Å²) in [7, 11) is -5.58. The third kappa shape index (κ3) is 3.86. The molecule has 2 rings (SSSR count). The number of hydrogen-bond donors (Lipinski definition) is 0. The first-order valence-electron chi connectivity index (χ1n) is 7.48. The van der Waals surface area contributed by atoms with Crippen molar-refractivity contribution in [2.75, 3.05) is 0 Å². The Bertz CT molecular complexity index is 569. The monoisotopic (exact) mass is 340 g/mol. The van der Waals surface area contributed by atoms with Crippen LogP contribution >= 0.6 is 0 Å². The zero-order valence-corrected chi connectivity index (χ0v) is 14.2. The van der Waals surface area contributed by atoms with Crippen LogP contribution in [0.5, 0.6) is 0 Å². The average molecular weight is 340 g/mol. The lowest BCUT2D eigenvalue weighted by atomic mass is 9.68. The molecule has 22 heavy (non-hydrogen) atoms. The summed E-state index contributed by atoms with van der Waals surface area (Å²) >= 11 is 0. The number of hydrogen-bond acceptors (Lipinski definition) is 3. The summed E-state index contributed by atoms with van der Waals surface area (Å²) < 4.78 is 64.2. The maximum Gasteiger partial charge on any atom is 0.534 e. The first kappa shape index (κ1) is 19.1. The van der Waals surface area contributed by atoms with Crippen LogP contribution < -0.4 is 0 Å². The van der Waals surface area contributed by atoms with E-state index < -0.39 is 15.6 Å². The van der Waals surface area contributed by atoms with Crippen LogP contribution in [0.2, 0.25) is 0 Å². The third-order valence-electron chi connectivity index (χ3n) is 3.78. The fourth-order valence-corrected chi connectivity index (χ4v) is 3.46. The molecule has 0 N–H and O–H groups in total. The number of alkyl halides is 3. The molecule has 7 heteroatoms. The molecule has 128 valence electrons. The van der Waals surface area contributed by atoms with Crippen LogP contribution in [0.1, 0.15) is 59.8 Å². The zero-order valence-electron chi connectivity index (χ0n) is 13.4. The van der Waals surface area contributed by atoms with Gasteiger partial charge >= 0.3 is 15.6 Å². The first-order valence-corrected chi connectivity index (χ1v) is 8.89. The van der Waals surface area contributed by atoms with Gasteiger partial charge in [-0.1, -0.05) is 33.8 Å². The summed E-state index contributed by atoms with van der Waals surface area (Å²) in [5.41, 5.74) is -4.18. The van der Waals surface area contributed by atoms with Gasteiger partial charge in [-0.3, -0.25) is 0 Å². The lowest BCUT2D eigenvalue weighted by Crippen LogP contribution is -2.29. The zero-order chi connectivity index (χ0) is 17.2. The van der Waals surface area contributed by atoms with Crippen LogP contribution in [0.15, 0.2) is 23.0 Å². The summed E-state index contributed by atoms with van der Waals surface area (Å²) in [5.74, 6) is -0.0375. The van der Waals surface area contributed by atoms with Crippen molar-refractivity contribution >= 4 is 10.1 Å². The van der Waals surface area contributed by atoms with Gasteiger partial charge in [0, 0.05) is 12.0 Å². The topological polar surface area (TPSA) is 43.4 Å². The van der Waals surface area contributed by atoms with Crippen molar-refractivity contribution in [2.24, 2.45) is 5.41 Å². The molecule has 3 nitrogen and oxygen atoms in total. The molecule has 2 aliphatic rings. The highest BCUT2D eigenvalue weighted by molar-refractivity contribution is 7.87. The van der Waals surface area contributed by atoms with Gasteiger partial charge in [0.05, 0.1) is 0 Å². The largest absolute Gasteiger partial charge is 0.534 e. The van der Waals surface area contributed by atoms with Crippen molar-refractivity contribution in [3.05, 3.63) is 23.0 Å². The lowest BCUT2D eigenvalue weighted by molar-refractivity contribution is -0.0525. The normalized spacial score (nSPS) is 21.3. The fourth-order valence-electron chi connectivity index (χ4n) is 2.93. The Kier molecular flexibility index (Phi) is 5.76. The molecule has 0 radical (unpaired) electrons. The van der Waals surface area contributed by atoms with Crippen LogP contribution in [0.25, 0.3) is 0 Å². The molecule has 0 unspecified atom stereocenters. The SMILES string of the molecule is CC.CC1(C)CCCC2=CCCC(OS(=O)(=O)C(F)(F)F)=C21. The van der Waals surface area contributed by atoms with Crippen molar-refractivity contribution in [3.8, 4) is 0 Å². The molecule has 0 amide bonds. The van der Waals surface area contributed by atoms with Crippen molar-refractivity contribution in [3.63, 3.8) is 0 Å². The van der Waals surface area contributed by atoms with E-state index in [2.05, 4.69) is 4.18 Å². The first-order chi connectivity index (χ1) is 10.0. The molecule has 1 fully saturated rings. The summed E-state index contributed by atoms with van der Waals surface area (Å²) in [6.45, 7) is 7.81. The Morgan fingerprint density at radius 2 is 1.77 bits per heavy atom. The van der Waals surface area contributed by atoms with Crippen molar-refractivity contribution in [1.29, 1.82) is 0 Å². The fraction of sp³-hybridized carbons (Fsp3) is 0.733. The van der Waals surface area contributed by atoms with Gasteiger partial charge in [0.1, 0.15) is 5.76 Å². The molecule has 0 aliphatic heterocycles. The van der Waals surface area contributed by atoms with E-state index in [4.69, 9.17) is 0 Å². The Morgan fingerprint density at radius 1 is 1.18 bits per heavy atom. The standard InChI is InChI=1S/C13H17F3O3S.C2H6/c1-12(2)8-4-6-9-5-3-7-10(11(9)12)19-20(17,18)13(14,15)16;1-2/h5H,3-4,6-8H2,1-2H3;1-2H3. The summed E-state index contributed by atoms with van der Waals surface area (Å²) in [4.78, 5) is 0. The summed E-state index contributed by atoms with van der Waals surface area (Å²) in [5, 5.41) is 0. The van der Waals surface area contributed by atoms with Crippen LogP contribution in [0.3, 0.4) is 0 Å². The van der Waals surface area contributed by atoms with Gasteiger partial charge in [0.25, 0.3) is 0 Å². The molecule has 0 aromatic carbocycles. The van der Waals surface area contributed by atoms with Crippen molar-refractivity contribution in [1.82, 2.24) is 0 Å². The van der Waals surface area contributed by atoms with E-state index in [9.17, 15) is 21.6 Å². The van der Waals surface area contributed by atoms with Crippen molar-refractivity contribution in [2.45, 2.75) is 65.3 Å². The molecule has 0 spiro atoms. The molecular weight excluding hydrogens is 317 g/mol. The highest BCUT2D eigenvalue weighted by Crippen LogP contribution is 2.48. The summed E-state index contributed by atoms with van der Waals surface area (Å²) in [6.07, 6.45) is 5.19. The number of allylic oxidation sites excluding steroid dienone is 4. The second kappa shape index (κ2) is 6.64. The van der Waals surface area contributed by atoms with Gasteiger partial charge in [-0.2, -0.15) is 21.6 Å². The molecule has 0 aromatic heterocycles. The van der Waals surface area contributed by atoms with Crippen LogP contribution in [-0.4, -0.2) is 13.9 Å². The highest BCUT2D eigenvalue weighted by Gasteiger charge is 2.49. The minimum absolute atomic E-state index is 0.0375. The van der Waals surface area contributed by atoms with Crippen molar-refractivity contribution < 1.29 is 25.8 Å². The molecule has 0 aromatic rings. The second-order valence-corrected chi connectivity index (χ2v) is 7.32. The quantitative estimate of drug-likeness (QED) is 0.521. The van der Waals surface area contributed by atoms with E-state index in [0.29, 0.717) is 12.0 Å². The van der Waals surface area contributed by atoms with Crippen LogP contribution in [0.4, 0.5) is 13.2 Å². The maximum atomic E-state index is 12.5. The predicted molar refractivity (Wildman–Crippen MR) is 79.4 cm³/mol.